The second-order valence-corrected chi connectivity index (χ2v) is 8.37. The number of rotatable bonds is 7. The van der Waals surface area contributed by atoms with Crippen LogP contribution in [0.5, 0.6) is 0 Å². The molecule has 0 amide bonds. The van der Waals surface area contributed by atoms with Crippen molar-refractivity contribution in [3.05, 3.63) is 64.7 Å². The van der Waals surface area contributed by atoms with Crippen molar-refractivity contribution in [1.82, 2.24) is 19.1 Å². The number of allylic oxidation sites excluding steroid dienone is 1. The molecule has 0 radical (unpaired) electrons. The van der Waals surface area contributed by atoms with Gasteiger partial charge in [-0.3, -0.25) is 4.31 Å². The Kier molecular flexibility index (Phi) is 6.49. The number of halogens is 1. The first-order valence-electron chi connectivity index (χ1n) is 9.20. The van der Waals surface area contributed by atoms with E-state index >= 15 is 0 Å². The van der Waals surface area contributed by atoms with Crippen molar-refractivity contribution in [2.45, 2.75) is 31.7 Å². The van der Waals surface area contributed by atoms with E-state index in [4.69, 9.17) is 5.73 Å². The number of fused-ring (bicyclic) bond motifs is 1. The van der Waals surface area contributed by atoms with Gasteiger partial charge in [-0.2, -0.15) is 5.10 Å². The lowest BCUT2D eigenvalue weighted by Crippen LogP contribution is -2.04. The molecular formula is C21H26FN5S. The molecule has 2 N–H and O–H groups in total. The Labute approximate surface area is 169 Å². The summed E-state index contributed by atoms with van der Waals surface area (Å²) in [6.45, 7) is 4.25. The highest BCUT2D eigenvalue weighted by atomic mass is 32.2. The summed E-state index contributed by atoms with van der Waals surface area (Å²) in [5, 5.41) is 8.65. The van der Waals surface area contributed by atoms with Gasteiger partial charge in [0.1, 0.15) is 11.3 Å². The number of benzene rings is 1. The maximum absolute atomic E-state index is 14.2. The predicted octanol–water partition coefficient (Wildman–Crippen LogP) is 4.02. The molecule has 0 aliphatic rings. The van der Waals surface area contributed by atoms with Gasteiger partial charge in [-0.25, -0.2) is 4.39 Å². The molecular weight excluding hydrogens is 373 g/mol. The van der Waals surface area contributed by atoms with Crippen molar-refractivity contribution in [3.63, 3.8) is 0 Å². The van der Waals surface area contributed by atoms with E-state index < -0.39 is 0 Å². The summed E-state index contributed by atoms with van der Waals surface area (Å²) in [6, 6.07) is 10.5. The van der Waals surface area contributed by atoms with Gasteiger partial charge in [-0.05, 0) is 69.7 Å². The van der Waals surface area contributed by atoms with Crippen LogP contribution in [-0.4, -0.2) is 39.7 Å². The Hall–Kier alpha value is -2.22. The van der Waals surface area contributed by atoms with E-state index in [0.717, 1.165) is 34.4 Å². The fourth-order valence-electron chi connectivity index (χ4n) is 3.25. The molecule has 28 heavy (non-hydrogen) atoms. The largest absolute Gasteiger partial charge is 0.336 e. The third-order valence-electron chi connectivity index (χ3n) is 4.55. The highest BCUT2D eigenvalue weighted by molar-refractivity contribution is 7.97. The molecule has 0 saturated heterocycles. The highest BCUT2D eigenvalue weighted by Crippen LogP contribution is 2.28. The summed E-state index contributed by atoms with van der Waals surface area (Å²) in [5.74, 6) is -0.242. The maximum Gasteiger partial charge on any atom is 0.117 e. The predicted molar refractivity (Wildman–Crippen MR) is 114 cm³/mol. The average molecular weight is 400 g/mol. The van der Waals surface area contributed by atoms with Gasteiger partial charge < -0.3 is 10.3 Å². The van der Waals surface area contributed by atoms with Crippen molar-refractivity contribution in [1.29, 1.82) is 0 Å². The van der Waals surface area contributed by atoms with Crippen LogP contribution in [0.15, 0.2) is 47.1 Å². The van der Waals surface area contributed by atoms with Gasteiger partial charge >= 0.3 is 0 Å². The normalized spacial score (nSPS) is 12.3. The number of aromatic nitrogens is 3. The van der Waals surface area contributed by atoms with Gasteiger partial charge in [0.15, 0.2) is 0 Å². The number of hydrogen-bond acceptors (Lipinski definition) is 5. The summed E-state index contributed by atoms with van der Waals surface area (Å²) in [6.07, 6.45) is 2.13. The van der Waals surface area contributed by atoms with Crippen LogP contribution in [-0.2, 0) is 13.0 Å². The monoisotopic (exact) mass is 399 g/mol. The molecule has 2 aromatic heterocycles. The summed E-state index contributed by atoms with van der Waals surface area (Å²) < 4.78 is 18.2. The lowest BCUT2D eigenvalue weighted by molar-refractivity contribution is 0.554. The Bertz CT molecular complexity index is 992. The molecule has 0 unspecified atom stereocenters. The number of nitrogens with two attached hydrogens (primary N) is 1. The van der Waals surface area contributed by atoms with Crippen molar-refractivity contribution >= 4 is 23.0 Å². The van der Waals surface area contributed by atoms with Crippen molar-refractivity contribution in [3.8, 4) is 0 Å². The average Bonchev–Trinajstić information content (AvgIpc) is 2.88. The molecule has 3 rings (SSSR count). The molecule has 0 fully saturated rings. The van der Waals surface area contributed by atoms with E-state index in [-0.39, 0.29) is 18.9 Å². The minimum atomic E-state index is -0.242. The van der Waals surface area contributed by atoms with Crippen LogP contribution in [0.25, 0.3) is 11.0 Å². The van der Waals surface area contributed by atoms with Gasteiger partial charge in [0.05, 0.1) is 17.8 Å². The van der Waals surface area contributed by atoms with Gasteiger partial charge in [0.2, 0.25) is 0 Å². The lowest BCUT2D eigenvalue weighted by atomic mass is 10.0. The van der Waals surface area contributed by atoms with E-state index in [1.54, 1.807) is 11.9 Å². The topological polar surface area (TPSA) is 60.0 Å². The Morgan fingerprint density at radius 2 is 1.93 bits per heavy atom. The van der Waals surface area contributed by atoms with Crippen molar-refractivity contribution < 1.29 is 4.39 Å². The van der Waals surface area contributed by atoms with Gasteiger partial charge in [-0.15, -0.1) is 5.10 Å². The molecule has 3 aromatic rings. The summed E-state index contributed by atoms with van der Waals surface area (Å²) >= 11 is 1.69. The molecule has 0 atom stereocenters. The Morgan fingerprint density at radius 1 is 1.21 bits per heavy atom. The maximum atomic E-state index is 14.2. The Balaban J connectivity index is 1.99. The van der Waals surface area contributed by atoms with Crippen molar-refractivity contribution in [2.24, 2.45) is 5.73 Å². The fourth-order valence-corrected chi connectivity index (χ4v) is 3.93. The molecule has 2 heterocycles. The Morgan fingerprint density at radius 3 is 2.57 bits per heavy atom. The molecule has 0 bridgehead atoms. The van der Waals surface area contributed by atoms with E-state index in [0.29, 0.717) is 0 Å². The molecule has 1 aromatic carbocycles. The number of hydrogen-bond donors (Lipinski definition) is 1. The van der Waals surface area contributed by atoms with Crippen LogP contribution in [0.3, 0.4) is 0 Å². The van der Waals surface area contributed by atoms with E-state index in [1.807, 2.05) is 38.6 Å². The van der Waals surface area contributed by atoms with Crippen LogP contribution in [0.4, 0.5) is 4.39 Å². The third-order valence-corrected chi connectivity index (χ3v) is 5.40. The molecule has 7 heteroatoms. The highest BCUT2D eigenvalue weighted by Gasteiger charge is 2.17. The molecule has 148 valence electrons. The van der Waals surface area contributed by atoms with Gasteiger partial charge in [-0.1, -0.05) is 12.1 Å². The summed E-state index contributed by atoms with van der Waals surface area (Å²) in [4.78, 5) is 1.19. The van der Waals surface area contributed by atoms with E-state index in [2.05, 4.69) is 38.8 Å². The number of aryl methyl sites for hydroxylation is 1. The first-order chi connectivity index (χ1) is 13.4. The molecule has 0 saturated carbocycles. The molecule has 5 nitrogen and oxygen atoms in total. The van der Waals surface area contributed by atoms with E-state index in [9.17, 15) is 4.39 Å². The van der Waals surface area contributed by atoms with Crippen LogP contribution in [0.1, 0.15) is 22.5 Å². The first kappa shape index (κ1) is 20.5. The van der Waals surface area contributed by atoms with Crippen LogP contribution in [0.2, 0.25) is 0 Å². The minimum Gasteiger partial charge on any atom is -0.336 e. The zero-order valence-corrected chi connectivity index (χ0v) is 17.6. The van der Waals surface area contributed by atoms with Gasteiger partial charge in [0, 0.05) is 29.1 Å². The number of nitrogens with zero attached hydrogens (tertiary/aromatic N) is 4. The lowest BCUT2D eigenvalue weighted by Gasteiger charge is -2.09. The van der Waals surface area contributed by atoms with Gasteiger partial charge in [0.25, 0.3) is 0 Å². The second kappa shape index (κ2) is 8.86. The molecule has 0 aliphatic carbocycles. The zero-order valence-electron chi connectivity index (χ0n) is 16.7. The fraction of sp³-hybridized carbons (Fsp3) is 0.333. The van der Waals surface area contributed by atoms with Crippen molar-refractivity contribution in [2.75, 3.05) is 20.6 Å². The molecule has 0 spiro atoms. The van der Waals surface area contributed by atoms with Crippen LogP contribution >= 0.6 is 11.9 Å². The van der Waals surface area contributed by atoms with Crippen LogP contribution in [0, 0.1) is 13.8 Å². The summed E-state index contributed by atoms with van der Waals surface area (Å²) in [7, 11) is 4.05. The smallest absolute Gasteiger partial charge is 0.117 e. The standard InChI is InChI=1S/C21H26FN5S/c1-14-11-20-21(25-24-14)19(15(2)27(20)13-17(22)9-10-23)12-16-5-7-18(8-6-16)28-26(3)4/h5-9,11H,10,12-13,23H2,1-4H3/b17-9-. The molecule has 0 aliphatic heterocycles. The SMILES string of the molecule is Cc1cc2c(nn1)c(Cc1ccc(SN(C)C)cc1)c(C)n2C/C(F)=C/CN. The first-order valence-corrected chi connectivity index (χ1v) is 9.97. The summed E-state index contributed by atoms with van der Waals surface area (Å²) in [5.41, 5.74) is 11.3. The van der Waals surface area contributed by atoms with Crippen LogP contribution < -0.4 is 5.73 Å². The minimum absolute atomic E-state index is 0.156. The second-order valence-electron chi connectivity index (χ2n) is 6.98. The van der Waals surface area contributed by atoms with E-state index in [1.165, 1.54) is 16.5 Å². The third kappa shape index (κ3) is 4.60. The quantitative estimate of drug-likeness (QED) is 0.608. The zero-order chi connectivity index (χ0) is 20.3.